The van der Waals surface area contributed by atoms with E-state index in [0.29, 0.717) is 48.7 Å². The summed E-state index contributed by atoms with van der Waals surface area (Å²) in [6.45, 7) is 1.19. The van der Waals surface area contributed by atoms with Crippen LogP contribution in [0.25, 0.3) is 10.9 Å². The predicted octanol–water partition coefficient (Wildman–Crippen LogP) is 2.61. The van der Waals surface area contributed by atoms with E-state index in [9.17, 15) is 14.4 Å². The zero-order valence-electron chi connectivity index (χ0n) is 17.7. The summed E-state index contributed by atoms with van der Waals surface area (Å²) in [5, 5.41) is 21.0. The van der Waals surface area contributed by atoms with Crippen LogP contribution < -0.4 is 10.9 Å². The topological polar surface area (TPSA) is 114 Å². The maximum Gasteiger partial charge on any atom is 0.306 e. The van der Waals surface area contributed by atoms with Gasteiger partial charge in [0.25, 0.3) is 5.56 Å². The summed E-state index contributed by atoms with van der Waals surface area (Å²) in [5.74, 6) is -0.0801. The minimum Gasteiger partial charge on any atom is -0.481 e. The Labute approximate surface area is 181 Å². The number of carboxylic acids is 1. The molecule has 8 nitrogen and oxygen atoms in total. The van der Waals surface area contributed by atoms with Crippen LogP contribution in [0.15, 0.2) is 29.1 Å². The summed E-state index contributed by atoms with van der Waals surface area (Å²) in [6, 6.07) is 7.24. The molecule has 0 bridgehead atoms. The summed E-state index contributed by atoms with van der Waals surface area (Å²) in [4.78, 5) is 36.3. The summed E-state index contributed by atoms with van der Waals surface area (Å²) in [5.41, 5.74) is 0.503. The van der Waals surface area contributed by atoms with Crippen molar-refractivity contribution in [3.63, 3.8) is 0 Å². The van der Waals surface area contributed by atoms with Gasteiger partial charge in [-0.25, -0.2) is 4.68 Å². The fourth-order valence-electron chi connectivity index (χ4n) is 5.00. The lowest BCUT2D eigenvalue weighted by Gasteiger charge is -2.29. The Kier molecular flexibility index (Phi) is 6.63. The SMILES string of the molecule is O=C(O)C1CCC(CNC(=O)C2CCC(Cn3nnc4ccccc4c3=O)CC2)CC1. The second-order valence-electron chi connectivity index (χ2n) is 9.11. The maximum atomic E-state index is 12.6. The molecular formula is C23H30N4O4. The lowest BCUT2D eigenvalue weighted by Crippen LogP contribution is -2.38. The molecule has 31 heavy (non-hydrogen) atoms. The van der Waals surface area contributed by atoms with Crippen molar-refractivity contribution in [2.24, 2.45) is 23.7 Å². The van der Waals surface area contributed by atoms with Crippen LogP contribution in [0.3, 0.4) is 0 Å². The summed E-state index contributed by atoms with van der Waals surface area (Å²) >= 11 is 0. The number of aliphatic carboxylic acids is 1. The van der Waals surface area contributed by atoms with Gasteiger partial charge in [0, 0.05) is 19.0 Å². The van der Waals surface area contributed by atoms with Crippen LogP contribution in [0.2, 0.25) is 0 Å². The molecule has 0 radical (unpaired) electrons. The van der Waals surface area contributed by atoms with Crippen LogP contribution in [-0.4, -0.2) is 38.5 Å². The number of fused-ring (bicyclic) bond motifs is 1. The first-order chi connectivity index (χ1) is 15.0. The predicted molar refractivity (Wildman–Crippen MR) is 115 cm³/mol. The molecule has 0 unspecified atom stereocenters. The van der Waals surface area contributed by atoms with Crippen LogP contribution >= 0.6 is 0 Å². The summed E-state index contributed by atoms with van der Waals surface area (Å²) < 4.78 is 1.46. The van der Waals surface area contributed by atoms with Gasteiger partial charge in [0.05, 0.1) is 11.3 Å². The normalized spacial score (nSPS) is 26.5. The van der Waals surface area contributed by atoms with Crippen LogP contribution in [0.4, 0.5) is 0 Å². The van der Waals surface area contributed by atoms with E-state index in [-0.39, 0.29) is 23.3 Å². The van der Waals surface area contributed by atoms with Gasteiger partial charge in [-0.05, 0) is 75.3 Å². The van der Waals surface area contributed by atoms with E-state index in [0.717, 1.165) is 38.5 Å². The fraction of sp³-hybridized carbons (Fsp3) is 0.609. The number of benzene rings is 1. The van der Waals surface area contributed by atoms with Gasteiger partial charge in [-0.3, -0.25) is 14.4 Å². The Morgan fingerprint density at radius 1 is 0.968 bits per heavy atom. The molecule has 2 saturated carbocycles. The highest BCUT2D eigenvalue weighted by molar-refractivity contribution is 5.78. The number of carbonyl (C=O) groups is 2. The molecule has 166 valence electrons. The van der Waals surface area contributed by atoms with E-state index >= 15 is 0 Å². The first-order valence-electron chi connectivity index (χ1n) is 11.3. The molecule has 4 rings (SSSR count). The molecule has 0 aliphatic heterocycles. The third kappa shape index (κ3) is 5.11. The largest absolute Gasteiger partial charge is 0.481 e. The van der Waals surface area contributed by atoms with Gasteiger partial charge in [0.15, 0.2) is 0 Å². The van der Waals surface area contributed by atoms with Crippen molar-refractivity contribution in [3.05, 3.63) is 34.6 Å². The van der Waals surface area contributed by atoms with Crippen molar-refractivity contribution in [1.82, 2.24) is 20.3 Å². The Morgan fingerprint density at radius 2 is 1.61 bits per heavy atom. The average molecular weight is 427 g/mol. The average Bonchev–Trinajstić information content (AvgIpc) is 2.80. The van der Waals surface area contributed by atoms with Crippen molar-refractivity contribution in [1.29, 1.82) is 0 Å². The van der Waals surface area contributed by atoms with Crippen molar-refractivity contribution >= 4 is 22.8 Å². The molecule has 1 aromatic carbocycles. The number of carbonyl (C=O) groups excluding carboxylic acids is 1. The number of nitrogens with zero attached hydrogens (tertiary/aromatic N) is 3. The van der Waals surface area contributed by atoms with E-state index < -0.39 is 5.97 Å². The lowest BCUT2D eigenvalue weighted by molar-refractivity contribution is -0.143. The minimum absolute atomic E-state index is 0.0195. The molecular weight excluding hydrogens is 396 g/mol. The van der Waals surface area contributed by atoms with E-state index in [4.69, 9.17) is 5.11 Å². The second-order valence-corrected chi connectivity index (χ2v) is 9.11. The highest BCUT2D eigenvalue weighted by atomic mass is 16.4. The fourth-order valence-corrected chi connectivity index (χ4v) is 5.00. The molecule has 2 N–H and O–H groups in total. The molecule has 0 spiro atoms. The maximum absolute atomic E-state index is 12.6. The van der Waals surface area contributed by atoms with Crippen molar-refractivity contribution < 1.29 is 14.7 Å². The van der Waals surface area contributed by atoms with Crippen molar-refractivity contribution in [3.8, 4) is 0 Å². The van der Waals surface area contributed by atoms with E-state index in [1.807, 2.05) is 12.1 Å². The summed E-state index contributed by atoms with van der Waals surface area (Å²) in [6.07, 6.45) is 6.56. The van der Waals surface area contributed by atoms with Crippen molar-refractivity contribution in [2.75, 3.05) is 6.54 Å². The number of nitrogens with one attached hydrogen (secondary N) is 1. The Hall–Kier alpha value is -2.77. The van der Waals surface area contributed by atoms with Gasteiger partial charge < -0.3 is 10.4 Å². The van der Waals surface area contributed by atoms with Crippen LogP contribution in [0.5, 0.6) is 0 Å². The first-order valence-corrected chi connectivity index (χ1v) is 11.3. The molecule has 1 heterocycles. The van der Waals surface area contributed by atoms with Crippen molar-refractivity contribution in [2.45, 2.75) is 57.9 Å². The van der Waals surface area contributed by atoms with Gasteiger partial charge in [0.2, 0.25) is 5.91 Å². The molecule has 2 aliphatic carbocycles. The Morgan fingerprint density at radius 3 is 2.32 bits per heavy atom. The second kappa shape index (κ2) is 9.58. The van der Waals surface area contributed by atoms with Crippen LogP contribution in [0.1, 0.15) is 51.4 Å². The highest BCUT2D eigenvalue weighted by Crippen LogP contribution is 2.31. The Balaban J connectivity index is 1.23. The number of rotatable bonds is 6. The quantitative estimate of drug-likeness (QED) is 0.734. The van der Waals surface area contributed by atoms with Gasteiger partial charge in [0.1, 0.15) is 5.52 Å². The number of hydrogen-bond acceptors (Lipinski definition) is 5. The third-order valence-electron chi connectivity index (χ3n) is 7.04. The molecule has 1 amide bonds. The summed E-state index contributed by atoms with van der Waals surface area (Å²) in [7, 11) is 0. The molecule has 2 fully saturated rings. The number of hydrogen-bond donors (Lipinski definition) is 2. The minimum atomic E-state index is -0.698. The zero-order valence-corrected chi connectivity index (χ0v) is 17.7. The lowest BCUT2D eigenvalue weighted by atomic mass is 9.80. The molecule has 1 aromatic heterocycles. The van der Waals surface area contributed by atoms with Crippen LogP contribution in [-0.2, 0) is 16.1 Å². The van der Waals surface area contributed by atoms with E-state index in [1.54, 1.807) is 12.1 Å². The molecule has 0 atom stereocenters. The Bertz CT molecular complexity index is 988. The number of aromatic nitrogens is 3. The van der Waals surface area contributed by atoms with Gasteiger partial charge in [-0.1, -0.05) is 17.3 Å². The van der Waals surface area contributed by atoms with Gasteiger partial charge >= 0.3 is 5.97 Å². The van der Waals surface area contributed by atoms with Gasteiger partial charge in [-0.15, -0.1) is 5.10 Å². The van der Waals surface area contributed by atoms with Crippen LogP contribution in [0, 0.1) is 23.7 Å². The number of carboxylic acid groups (broad SMARTS) is 1. The van der Waals surface area contributed by atoms with E-state index in [2.05, 4.69) is 15.6 Å². The molecule has 2 aliphatic rings. The standard InChI is InChI=1S/C23H30N4O4/c28-21(24-13-15-5-11-18(12-6-15)23(30)31)17-9-7-16(8-10-17)14-27-22(29)19-3-1-2-4-20(19)25-26-27/h1-4,15-18H,5-14H2,(H,24,28)(H,30,31). The molecule has 2 aromatic rings. The smallest absolute Gasteiger partial charge is 0.306 e. The van der Waals surface area contributed by atoms with Gasteiger partial charge in [-0.2, -0.15) is 0 Å². The first kappa shape index (κ1) is 21.5. The molecule has 8 heteroatoms. The third-order valence-corrected chi connectivity index (χ3v) is 7.04. The van der Waals surface area contributed by atoms with E-state index in [1.165, 1.54) is 4.68 Å². The zero-order chi connectivity index (χ0) is 21.8. The molecule has 0 saturated heterocycles. The number of amides is 1. The highest BCUT2D eigenvalue weighted by Gasteiger charge is 2.29. The monoisotopic (exact) mass is 426 g/mol.